The Kier molecular flexibility index (Phi) is 4.82. The lowest BCUT2D eigenvalue weighted by atomic mass is 9.95. The van der Waals surface area contributed by atoms with E-state index in [1.54, 1.807) is 14.2 Å². The molecule has 3 nitrogen and oxygen atoms in total. The maximum absolute atomic E-state index is 5.37. The predicted molar refractivity (Wildman–Crippen MR) is 71.0 cm³/mol. The molecule has 0 heterocycles. The second-order valence-electron chi connectivity index (χ2n) is 4.81. The van der Waals surface area contributed by atoms with Crippen molar-refractivity contribution < 1.29 is 9.47 Å². The van der Waals surface area contributed by atoms with Gasteiger partial charge < -0.3 is 14.8 Å². The molecule has 96 valence electrons. The van der Waals surface area contributed by atoms with Crippen LogP contribution >= 0.6 is 0 Å². The topological polar surface area (TPSA) is 30.5 Å². The lowest BCUT2D eigenvalue weighted by Gasteiger charge is -2.24. The van der Waals surface area contributed by atoms with E-state index in [9.17, 15) is 0 Å². The van der Waals surface area contributed by atoms with E-state index in [1.807, 2.05) is 25.2 Å². The van der Waals surface area contributed by atoms with Gasteiger partial charge in [-0.15, -0.1) is 0 Å². The van der Waals surface area contributed by atoms with Crippen molar-refractivity contribution in [1.82, 2.24) is 5.32 Å². The Bertz CT molecular complexity index is 361. The summed E-state index contributed by atoms with van der Waals surface area (Å²) in [7, 11) is 5.38. The Hall–Kier alpha value is -1.22. The van der Waals surface area contributed by atoms with Crippen molar-refractivity contribution in [3.05, 3.63) is 23.8 Å². The Labute approximate surface area is 104 Å². The van der Waals surface area contributed by atoms with Gasteiger partial charge in [-0.2, -0.15) is 0 Å². The first-order valence-electron chi connectivity index (χ1n) is 5.92. The molecule has 1 N–H and O–H groups in total. The zero-order chi connectivity index (χ0) is 12.9. The SMILES string of the molecule is CNC(C)(C)CCc1cc(OC)ccc1OC. The minimum absolute atomic E-state index is 0.133. The fraction of sp³-hybridized carbons (Fsp3) is 0.571. The van der Waals surface area contributed by atoms with Crippen LogP contribution in [0.1, 0.15) is 25.8 Å². The van der Waals surface area contributed by atoms with Gasteiger partial charge in [0.25, 0.3) is 0 Å². The zero-order valence-corrected chi connectivity index (χ0v) is 11.5. The van der Waals surface area contributed by atoms with E-state index in [0.717, 1.165) is 24.3 Å². The molecule has 17 heavy (non-hydrogen) atoms. The number of hydrogen-bond acceptors (Lipinski definition) is 3. The lowest BCUT2D eigenvalue weighted by molar-refractivity contribution is 0.378. The summed E-state index contributed by atoms with van der Waals surface area (Å²) < 4.78 is 10.6. The number of ether oxygens (including phenoxy) is 2. The molecule has 0 aliphatic heterocycles. The Balaban J connectivity index is 2.81. The lowest BCUT2D eigenvalue weighted by Crippen LogP contribution is -2.36. The number of methoxy groups -OCH3 is 2. The van der Waals surface area contributed by atoms with Crippen molar-refractivity contribution in [3.8, 4) is 11.5 Å². The summed E-state index contributed by atoms with van der Waals surface area (Å²) in [5.74, 6) is 1.81. The third-order valence-electron chi connectivity index (χ3n) is 3.18. The molecule has 0 aromatic heterocycles. The van der Waals surface area contributed by atoms with Gasteiger partial charge in [-0.05, 0) is 57.5 Å². The molecule has 0 bridgehead atoms. The molecule has 1 aromatic rings. The molecule has 0 saturated heterocycles. The van der Waals surface area contributed by atoms with Crippen molar-refractivity contribution in [2.45, 2.75) is 32.2 Å². The van der Waals surface area contributed by atoms with Crippen LogP contribution in [0.15, 0.2) is 18.2 Å². The first-order valence-corrected chi connectivity index (χ1v) is 5.92. The zero-order valence-electron chi connectivity index (χ0n) is 11.5. The van der Waals surface area contributed by atoms with Gasteiger partial charge in [-0.25, -0.2) is 0 Å². The van der Waals surface area contributed by atoms with Crippen LogP contribution in [0.4, 0.5) is 0 Å². The van der Waals surface area contributed by atoms with E-state index in [0.29, 0.717) is 0 Å². The highest BCUT2D eigenvalue weighted by Gasteiger charge is 2.16. The molecule has 1 rings (SSSR count). The fourth-order valence-corrected chi connectivity index (χ4v) is 1.65. The first kappa shape index (κ1) is 13.8. The standard InChI is InChI=1S/C14H23NO2/c1-14(2,15-3)9-8-11-10-12(16-4)6-7-13(11)17-5/h6-7,10,15H,8-9H2,1-5H3. The monoisotopic (exact) mass is 237 g/mol. The minimum Gasteiger partial charge on any atom is -0.497 e. The quantitative estimate of drug-likeness (QED) is 0.825. The van der Waals surface area contributed by atoms with E-state index < -0.39 is 0 Å². The van der Waals surface area contributed by atoms with E-state index >= 15 is 0 Å². The van der Waals surface area contributed by atoms with Gasteiger partial charge in [0.15, 0.2) is 0 Å². The summed E-state index contributed by atoms with van der Waals surface area (Å²) in [5, 5.41) is 3.31. The van der Waals surface area contributed by atoms with Crippen LogP contribution in [0.2, 0.25) is 0 Å². The van der Waals surface area contributed by atoms with Gasteiger partial charge in [0.2, 0.25) is 0 Å². The van der Waals surface area contributed by atoms with Crippen LogP contribution in [0.25, 0.3) is 0 Å². The third-order valence-corrected chi connectivity index (χ3v) is 3.18. The summed E-state index contributed by atoms with van der Waals surface area (Å²) in [6.45, 7) is 4.39. The smallest absolute Gasteiger partial charge is 0.122 e. The maximum Gasteiger partial charge on any atom is 0.122 e. The van der Waals surface area contributed by atoms with Crippen molar-refractivity contribution >= 4 is 0 Å². The first-order chi connectivity index (χ1) is 8.02. The van der Waals surface area contributed by atoms with Crippen molar-refractivity contribution in [2.75, 3.05) is 21.3 Å². The van der Waals surface area contributed by atoms with Gasteiger partial charge >= 0.3 is 0 Å². The molecule has 0 aliphatic carbocycles. The van der Waals surface area contributed by atoms with Gasteiger partial charge in [0.05, 0.1) is 14.2 Å². The molecule has 0 atom stereocenters. The van der Waals surface area contributed by atoms with Crippen molar-refractivity contribution in [1.29, 1.82) is 0 Å². The summed E-state index contributed by atoms with van der Waals surface area (Å²) >= 11 is 0. The molecule has 0 fully saturated rings. The van der Waals surface area contributed by atoms with Crippen LogP contribution in [-0.2, 0) is 6.42 Å². The number of rotatable bonds is 6. The minimum atomic E-state index is 0.133. The van der Waals surface area contributed by atoms with Gasteiger partial charge in [0, 0.05) is 5.54 Å². The Morgan fingerprint density at radius 2 is 1.88 bits per heavy atom. The molecule has 3 heteroatoms. The third kappa shape index (κ3) is 3.93. The Morgan fingerprint density at radius 1 is 1.18 bits per heavy atom. The number of nitrogens with one attached hydrogen (secondary N) is 1. The highest BCUT2D eigenvalue weighted by atomic mass is 16.5. The second-order valence-corrected chi connectivity index (χ2v) is 4.81. The normalized spacial score (nSPS) is 11.4. The highest BCUT2D eigenvalue weighted by Crippen LogP contribution is 2.26. The molecular weight excluding hydrogens is 214 g/mol. The largest absolute Gasteiger partial charge is 0.497 e. The van der Waals surface area contributed by atoms with Crippen LogP contribution < -0.4 is 14.8 Å². The van der Waals surface area contributed by atoms with E-state index in [4.69, 9.17) is 9.47 Å². The predicted octanol–water partition coefficient (Wildman–Crippen LogP) is 2.63. The second kappa shape index (κ2) is 5.92. The number of hydrogen-bond donors (Lipinski definition) is 1. The van der Waals surface area contributed by atoms with E-state index in [1.165, 1.54) is 5.56 Å². The average molecular weight is 237 g/mol. The Morgan fingerprint density at radius 3 is 2.41 bits per heavy atom. The van der Waals surface area contributed by atoms with Crippen molar-refractivity contribution in [2.24, 2.45) is 0 Å². The van der Waals surface area contributed by atoms with E-state index in [-0.39, 0.29) is 5.54 Å². The molecule has 1 aromatic carbocycles. The van der Waals surface area contributed by atoms with Crippen LogP contribution in [0.5, 0.6) is 11.5 Å². The van der Waals surface area contributed by atoms with Crippen LogP contribution in [-0.4, -0.2) is 26.8 Å². The fourth-order valence-electron chi connectivity index (χ4n) is 1.65. The van der Waals surface area contributed by atoms with Gasteiger partial charge in [0.1, 0.15) is 11.5 Å². The molecule has 0 radical (unpaired) electrons. The summed E-state index contributed by atoms with van der Waals surface area (Å²) in [4.78, 5) is 0. The molecule has 0 saturated carbocycles. The van der Waals surface area contributed by atoms with E-state index in [2.05, 4.69) is 19.2 Å². The van der Waals surface area contributed by atoms with Gasteiger partial charge in [-0.3, -0.25) is 0 Å². The average Bonchev–Trinajstić information content (AvgIpc) is 2.36. The van der Waals surface area contributed by atoms with Crippen molar-refractivity contribution in [3.63, 3.8) is 0 Å². The summed E-state index contributed by atoms with van der Waals surface area (Å²) in [6, 6.07) is 5.93. The molecule has 0 unspecified atom stereocenters. The summed E-state index contributed by atoms with van der Waals surface area (Å²) in [5.41, 5.74) is 1.32. The molecule has 0 aliphatic rings. The number of aryl methyl sites for hydroxylation is 1. The van der Waals surface area contributed by atoms with Crippen LogP contribution in [0.3, 0.4) is 0 Å². The summed E-state index contributed by atoms with van der Waals surface area (Å²) in [6.07, 6.45) is 2.02. The molecular formula is C14H23NO2. The highest BCUT2D eigenvalue weighted by molar-refractivity contribution is 5.40. The number of benzene rings is 1. The molecule has 0 spiro atoms. The molecule has 0 amide bonds. The van der Waals surface area contributed by atoms with Crippen LogP contribution in [0, 0.1) is 0 Å². The maximum atomic E-state index is 5.37. The van der Waals surface area contributed by atoms with Gasteiger partial charge in [-0.1, -0.05) is 0 Å².